The number of hydrogen-bond donors (Lipinski definition) is 0. The molecule has 0 atom stereocenters. The van der Waals surface area contributed by atoms with Gasteiger partial charge in [-0.2, -0.15) is 0 Å². The summed E-state index contributed by atoms with van der Waals surface area (Å²) in [7, 11) is 0. The summed E-state index contributed by atoms with van der Waals surface area (Å²) in [5.74, 6) is 0. The van der Waals surface area contributed by atoms with Crippen LogP contribution in [0.15, 0.2) is 29.4 Å². The second-order valence-electron chi connectivity index (χ2n) is 2.56. The molecule has 0 aliphatic carbocycles. The van der Waals surface area contributed by atoms with Crippen LogP contribution >= 0.6 is 11.9 Å². The van der Waals surface area contributed by atoms with E-state index in [0.717, 1.165) is 0 Å². The summed E-state index contributed by atoms with van der Waals surface area (Å²) in [5.41, 5.74) is 0. The van der Waals surface area contributed by atoms with Gasteiger partial charge in [0.05, 0.1) is 0 Å². The van der Waals surface area contributed by atoms with Crippen LogP contribution in [0.1, 0.15) is 6.42 Å². The zero-order valence-electron chi connectivity index (χ0n) is 6.23. The standard InChI is InChI=1S/C8H10N2S/c1-3-8(7-9-4-1)11-10-5-2-6-10/h1,3-4,7H,2,5-6H2. The van der Waals surface area contributed by atoms with E-state index in [4.69, 9.17) is 0 Å². The van der Waals surface area contributed by atoms with Crippen LogP contribution in [0.2, 0.25) is 0 Å². The van der Waals surface area contributed by atoms with Crippen LogP contribution in [-0.2, 0) is 0 Å². The molecular weight excluding hydrogens is 156 g/mol. The first kappa shape index (κ1) is 7.13. The van der Waals surface area contributed by atoms with Crippen molar-refractivity contribution in [3.05, 3.63) is 24.5 Å². The lowest BCUT2D eigenvalue weighted by Gasteiger charge is -2.28. The Hall–Kier alpha value is -0.540. The fraction of sp³-hybridized carbons (Fsp3) is 0.375. The van der Waals surface area contributed by atoms with Crippen LogP contribution in [0.5, 0.6) is 0 Å². The third-order valence-corrected chi connectivity index (χ3v) is 2.76. The smallest absolute Gasteiger partial charge is 0.0417 e. The summed E-state index contributed by atoms with van der Waals surface area (Å²) in [6.45, 7) is 2.44. The predicted octanol–water partition coefficient (Wildman–Crippen LogP) is 1.79. The molecule has 2 heterocycles. The molecule has 1 aliphatic rings. The van der Waals surface area contributed by atoms with E-state index in [-0.39, 0.29) is 0 Å². The molecule has 0 N–H and O–H groups in total. The minimum absolute atomic E-state index is 1.22. The molecule has 2 rings (SSSR count). The molecule has 0 amide bonds. The van der Waals surface area contributed by atoms with Gasteiger partial charge in [-0.25, -0.2) is 4.31 Å². The van der Waals surface area contributed by atoms with E-state index in [0.29, 0.717) is 0 Å². The maximum Gasteiger partial charge on any atom is 0.0417 e. The normalized spacial score (nSPS) is 17.8. The Morgan fingerprint density at radius 2 is 2.36 bits per heavy atom. The van der Waals surface area contributed by atoms with E-state index < -0.39 is 0 Å². The van der Waals surface area contributed by atoms with Crippen LogP contribution in [-0.4, -0.2) is 22.4 Å². The second kappa shape index (κ2) is 3.24. The third kappa shape index (κ3) is 1.73. The Bertz CT molecular complexity index is 221. The van der Waals surface area contributed by atoms with E-state index >= 15 is 0 Å². The lowest BCUT2D eigenvalue weighted by atomic mass is 10.3. The summed E-state index contributed by atoms with van der Waals surface area (Å²) in [6, 6.07) is 4.07. The van der Waals surface area contributed by atoms with Crippen molar-refractivity contribution >= 4 is 11.9 Å². The molecule has 0 unspecified atom stereocenters. The third-order valence-electron chi connectivity index (χ3n) is 1.68. The highest BCUT2D eigenvalue weighted by Gasteiger charge is 2.14. The summed E-state index contributed by atoms with van der Waals surface area (Å²) in [6.07, 6.45) is 5.05. The molecule has 3 heteroatoms. The van der Waals surface area contributed by atoms with Gasteiger partial charge in [0.15, 0.2) is 0 Å². The predicted molar refractivity (Wildman–Crippen MR) is 46.3 cm³/mol. The van der Waals surface area contributed by atoms with Crippen LogP contribution in [0.3, 0.4) is 0 Å². The van der Waals surface area contributed by atoms with Gasteiger partial charge < -0.3 is 0 Å². The first-order chi connectivity index (χ1) is 5.45. The molecule has 11 heavy (non-hydrogen) atoms. The highest BCUT2D eigenvalue weighted by atomic mass is 32.2. The molecule has 0 bridgehead atoms. The van der Waals surface area contributed by atoms with E-state index in [1.54, 1.807) is 18.1 Å². The SMILES string of the molecule is c1cncc(SN2CCC2)c1. The van der Waals surface area contributed by atoms with Gasteiger partial charge in [0.1, 0.15) is 0 Å². The number of hydrogen-bond acceptors (Lipinski definition) is 3. The topological polar surface area (TPSA) is 16.1 Å². The van der Waals surface area contributed by atoms with Gasteiger partial charge in [-0.15, -0.1) is 0 Å². The molecule has 0 spiro atoms. The Morgan fingerprint density at radius 3 is 2.91 bits per heavy atom. The number of aromatic nitrogens is 1. The second-order valence-corrected chi connectivity index (χ2v) is 3.73. The van der Waals surface area contributed by atoms with Gasteiger partial charge in [-0.3, -0.25) is 4.98 Å². The van der Waals surface area contributed by atoms with Crippen LogP contribution < -0.4 is 0 Å². The molecule has 2 nitrogen and oxygen atoms in total. The maximum absolute atomic E-state index is 4.05. The molecule has 58 valence electrons. The van der Waals surface area contributed by atoms with Gasteiger partial charge in [-0.1, -0.05) is 0 Å². The minimum atomic E-state index is 1.22. The van der Waals surface area contributed by atoms with E-state index in [2.05, 4.69) is 15.4 Å². The lowest BCUT2D eigenvalue weighted by molar-refractivity contribution is 0.344. The summed E-state index contributed by atoms with van der Waals surface area (Å²) in [4.78, 5) is 5.29. The van der Waals surface area contributed by atoms with Crippen LogP contribution in [0.4, 0.5) is 0 Å². The van der Waals surface area contributed by atoms with Crippen LogP contribution in [0.25, 0.3) is 0 Å². The summed E-state index contributed by atoms with van der Waals surface area (Å²) >= 11 is 1.80. The molecule has 1 saturated heterocycles. The van der Waals surface area contributed by atoms with Gasteiger partial charge >= 0.3 is 0 Å². The Balaban J connectivity index is 1.95. The quantitative estimate of drug-likeness (QED) is 0.623. The fourth-order valence-corrected chi connectivity index (χ4v) is 1.92. The van der Waals surface area contributed by atoms with Gasteiger partial charge in [0.25, 0.3) is 0 Å². The average Bonchev–Trinajstić information content (AvgIpc) is 1.99. The Morgan fingerprint density at radius 1 is 1.45 bits per heavy atom. The molecule has 1 aromatic rings. The van der Waals surface area contributed by atoms with Crippen molar-refractivity contribution in [1.29, 1.82) is 0 Å². The van der Waals surface area contributed by atoms with Crippen molar-refractivity contribution in [2.45, 2.75) is 11.3 Å². The zero-order valence-corrected chi connectivity index (χ0v) is 7.05. The molecule has 1 aliphatic heterocycles. The Kier molecular flexibility index (Phi) is 2.10. The van der Waals surface area contributed by atoms with Crippen molar-refractivity contribution in [2.75, 3.05) is 13.1 Å². The number of pyridine rings is 1. The fourth-order valence-electron chi connectivity index (χ4n) is 0.929. The van der Waals surface area contributed by atoms with Crippen molar-refractivity contribution < 1.29 is 0 Å². The number of rotatable bonds is 2. The highest BCUT2D eigenvalue weighted by Crippen LogP contribution is 2.25. The first-order valence-electron chi connectivity index (χ1n) is 3.78. The molecule has 1 fully saturated rings. The summed E-state index contributed by atoms with van der Waals surface area (Å²) < 4.78 is 2.34. The minimum Gasteiger partial charge on any atom is -0.264 e. The first-order valence-corrected chi connectivity index (χ1v) is 4.55. The van der Waals surface area contributed by atoms with Gasteiger partial charge in [0, 0.05) is 30.4 Å². The lowest BCUT2D eigenvalue weighted by Crippen LogP contribution is -2.30. The largest absolute Gasteiger partial charge is 0.264 e. The van der Waals surface area contributed by atoms with Gasteiger partial charge in [0.2, 0.25) is 0 Å². The maximum atomic E-state index is 4.05. The van der Waals surface area contributed by atoms with Crippen molar-refractivity contribution in [3.63, 3.8) is 0 Å². The van der Waals surface area contributed by atoms with Crippen molar-refractivity contribution in [2.24, 2.45) is 0 Å². The average molecular weight is 166 g/mol. The monoisotopic (exact) mass is 166 g/mol. The van der Waals surface area contributed by atoms with Crippen LogP contribution in [0, 0.1) is 0 Å². The van der Waals surface area contributed by atoms with Gasteiger partial charge in [-0.05, 0) is 30.5 Å². The Labute approximate surface area is 70.8 Å². The van der Waals surface area contributed by atoms with E-state index in [1.807, 2.05) is 12.3 Å². The zero-order chi connectivity index (χ0) is 7.52. The summed E-state index contributed by atoms with van der Waals surface area (Å²) in [5, 5.41) is 0. The molecular formula is C8H10N2S. The van der Waals surface area contributed by atoms with E-state index in [1.165, 1.54) is 24.4 Å². The molecule has 0 aromatic carbocycles. The molecule has 1 aromatic heterocycles. The highest BCUT2D eigenvalue weighted by molar-refractivity contribution is 7.97. The van der Waals surface area contributed by atoms with Crippen molar-refractivity contribution in [3.8, 4) is 0 Å². The van der Waals surface area contributed by atoms with Crippen molar-refractivity contribution in [1.82, 2.24) is 9.29 Å². The van der Waals surface area contributed by atoms with E-state index in [9.17, 15) is 0 Å². The molecule has 0 radical (unpaired) electrons. The number of nitrogens with zero attached hydrogens (tertiary/aromatic N) is 2. The molecule has 0 saturated carbocycles.